The van der Waals surface area contributed by atoms with Crippen LogP contribution in [-0.2, 0) is 9.53 Å². The van der Waals surface area contributed by atoms with Crippen molar-refractivity contribution >= 4 is 5.97 Å². The van der Waals surface area contributed by atoms with Crippen molar-refractivity contribution < 1.29 is 19.0 Å². The minimum Gasteiger partial charge on any atom is -0.497 e. The number of hydrogen-bond donors (Lipinski definition) is 0. The van der Waals surface area contributed by atoms with Crippen LogP contribution in [0.3, 0.4) is 0 Å². The fourth-order valence-corrected chi connectivity index (χ4v) is 2.09. The molecule has 0 N–H and O–H groups in total. The van der Waals surface area contributed by atoms with E-state index >= 15 is 0 Å². The second kappa shape index (κ2) is 7.50. The van der Waals surface area contributed by atoms with E-state index in [1.165, 1.54) is 7.11 Å². The van der Waals surface area contributed by atoms with Crippen LogP contribution in [0, 0.1) is 6.92 Å². The first-order chi connectivity index (χ1) is 10.6. The number of rotatable bonds is 6. The number of carbonyl (C=O) groups excluding carboxylic acids is 1. The van der Waals surface area contributed by atoms with Gasteiger partial charge in [0.05, 0.1) is 14.2 Å². The lowest BCUT2D eigenvalue weighted by Crippen LogP contribution is -2.21. The summed E-state index contributed by atoms with van der Waals surface area (Å²) in [5, 5.41) is 0. The third kappa shape index (κ3) is 4.01. The van der Waals surface area contributed by atoms with Gasteiger partial charge in [0.2, 0.25) is 0 Å². The highest BCUT2D eigenvalue weighted by molar-refractivity contribution is 5.78. The summed E-state index contributed by atoms with van der Waals surface area (Å²) in [6.07, 6.45) is 0. The first kappa shape index (κ1) is 15.9. The van der Waals surface area contributed by atoms with Crippen LogP contribution in [0.2, 0.25) is 0 Å². The van der Waals surface area contributed by atoms with Gasteiger partial charge in [0, 0.05) is 0 Å². The van der Waals surface area contributed by atoms with Gasteiger partial charge in [0.25, 0.3) is 0 Å². The minimum absolute atomic E-state index is 0.224. The van der Waals surface area contributed by atoms with Crippen LogP contribution >= 0.6 is 0 Å². The molecule has 0 bridgehead atoms. The van der Waals surface area contributed by atoms with Crippen LogP contribution in [0.15, 0.2) is 48.5 Å². The van der Waals surface area contributed by atoms with E-state index in [-0.39, 0.29) is 12.6 Å². The zero-order chi connectivity index (χ0) is 15.9. The van der Waals surface area contributed by atoms with Gasteiger partial charge < -0.3 is 14.2 Å². The summed E-state index contributed by atoms with van der Waals surface area (Å²) in [7, 11) is 3.00. The van der Waals surface area contributed by atoms with Gasteiger partial charge in [-0.25, -0.2) is 0 Å². The zero-order valence-corrected chi connectivity index (χ0v) is 13.0. The monoisotopic (exact) mass is 300 g/mol. The van der Waals surface area contributed by atoms with Crippen molar-refractivity contribution in [2.45, 2.75) is 12.8 Å². The third-order valence-electron chi connectivity index (χ3n) is 3.44. The van der Waals surface area contributed by atoms with Gasteiger partial charge in [-0.15, -0.1) is 0 Å². The minimum atomic E-state index is -0.451. The maximum absolute atomic E-state index is 12.0. The quantitative estimate of drug-likeness (QED) is 0.768. The Morgan fingerprint density at radius 3 is 2.09 bits per heavy atom. The molecule has 0 saturated heterocycles. The van der Waals surface area contributed by atoms with Crippen molar-refractivity contribution in [2.24, 2.45) is 0 Å². The van der Waals surface area contributed by atoms with Gasteiger partial charge in [-0.3, -0.25) is 4.79 Å². The molecule has 2 aromatic carbocycles. The largest absolute Gasteiger partial charge is 0.497 e. The Labute approximate surface area is 130 Å². The molecule has 0 heterocycles. The average molecular weight is 300 g/mol. The molecule has 0 aliphatic rings. The summed E-state index contributed by atoms with van der Waals surface area (Å²) >= 11 is 0. The van der Waals surface area contributed by atoms with Gasteiger partial charge in [-0.2, -0.15) is 0 Å². The molecular weight excluding hydrogens is 280 g/mol. The number of aryl methyl sites for hydroxylation is 1. The van der Waals surface area contributed by atoms with Crippen molar-refractivity contribution in [2.75, 3.05) is 20.8 Å². The predicted octanol–water partition coefficient (Wildman–Crippen LogP) is 3.34. The maximum Gasteiger partial charge on any atom is 0.316 e. The molecule has 2 rings (SSSR count). The Bertz CT molecular complexity index is 602. The van der Waals surface area contributed by atoms with Crippen molar-refractivity contribution in [1.29, 1.82) is 0 Å². The van der Waals surface area contributed by atoms with Gasteiger partial charge >= 0.3 is 5.97 Å². The fourth-order valence-electron chi connectivity index (χ4n) is 2.09. The van der Waals surface area contributed by atoms with Crippen molar-refractivity contribution in [3.05, 3.63) is 59.7 Å². The molecule has 0 aliphatic heterocycles. The van der Waals surface area contributed by atoms with Gasteiger partial charge in [-0.05, 0) is 36.8 Å². The van der Waals surface area contributed by atoms with Gasteiger partial charge in [-0.1, -0.05) is 29.8 Å². The second-order valence-electron chi connectivity index (χ2n) is 4.97. The molecule has 1 atom stereocenters. The van der Waals surface area contributed by atoms with E-state index in [0.29, 0.717) is 5.75 Å². The normalized spacial score (nSPS) is 11.6. The Morgan fingerprint density at radius 2 is 1.55 bits per heavy atom. The third-order valence-corrected chi connectivity index (χ3v) is 3.44. The highest BCUT2D eigenvalue weighted by Gasteiger charge is 2.22. The molecule has 0 aromatic heterocycles. The molecule has 4 heteroatoms. The lowest BCUT2D eigenvalue weighted by molar-refractivity contribution is -0.143. The summed E-state index contributed by atoms with van der Waals surface area (Å²) in [4.78, 5) is 12.0. The SMILES string of the molecule is COC(=O)C(COc1ccc(OC)cc1)c1ccc(C)cc1. The lowest BCUT2D eigenvalue weighted by Gasteiger charge is -2.16. The number of ether oxygens (including phenoxy) is 3. The Hall–Kier alpha value is -2.49. The van der Waals surface area contributed by atoms with Gasteiger partial charge in [0.1, 0.15) is 24.0 Å². The van der Waals surface area contributed by atoms with E-state index in [1.807, 2.05) is 55.5 Å². The van der Waals surface area contributed by atoms with E-state index in [1.54, 1.807) is 7.11 Å². The van der Waals surface area contributed by atoms with E-state index in [2.05, 4.69) is 0 Å². The fraction of sp³-hybridized carbons (Fsp3) is 0.278. The predicted molar refractivity (Wildman–Crippen MR) is 84.4 cm³/mol. The summed E-state index contributed by atoms with van der Waals surface area (Å²) in [6, 6.07) is 15.0. The zero-order valence-electron chi connectivity index (χ0n) is 13.0. The van der Waals surface area contributed by atoms with Crippen LogP contribution < -0.4 is 9.47 Å². The van der Waals surface area contributed by atoms with E-state index < -0.39 is 5.92 Å². The van der Waals surface area contributed by atoms with Crippen LogP contribution in [0.1, 0.15) is 17.0 Å². The Kier molecular flexibility index (Phi) is 5.42. The van der Waals surface area contributed by atoms with Crippen LogP contribution in [0.5, 0.6) is 11.5 Å². The molecule has 0 radical (unpaired) electrons. The van der Waals surface area contributed by atoms with E-state index in [4.69, 9.17) is 14.2 Å². The van der Waals surface area contributed by atoms with Crippen LogP contribution in [-0.4, -0.2) is 26.8 Å². The molecule has 1 unspecified atom stereocenters. The molecule has 0 fully saturated rings. The lowest BCUT2D eigenvalue weighted by atomic mass is 9.99. The number of methoxy groups -OCH3 is 2. The van der Waals surface area contributed by atoms with Crippen molar-refractivity contribution in [3.63, 3.8) is 0 Å². The smallest absolute Gasteiger partial charge is 0.316 e. The number of benzene rings is 2. The number of esters is 1. The van der Waals surface area contributed by atoms with E-state index in [0.717, 1.165) is 16.9 Å². The Morgan fingerprint density at radius 1 is 0.955 bits per heavy atom. The first-order valence-electron chi connectivity index (χ1n) is 7.05. The first-order valence-corrected chi connectivity index (χ1v) is 7.05. The molecule has 116 valence electrons. The second-order valence-corrected chi connectivity index (χ2v) is 4.97. The molecule has 0 spiro atoms. The van der Waals surface area contributed by atoms with Crippen LogP contribution in [0.4, 0.5) is 0 Å². The summed E-state index contributed by atoms with van der Waals surface area (Å²) < 4.78 is 15.7. The van der Waals surface area contributed by atoms with Gasteiger partial charge in [0.15, 0.2) is 0 Å². The number of carbonyl (C=O) groups is 1. The topological polar surface area (TPSA) is 44.8 Å². The molecule has 0 amide bonds. The molecule has 0 saturated carbocycles. The summed E-state index contributed by atoms with van der Waals surface area (Å²) in [5.41, 5.74) is 2.02. The standard InChI is InChI=1S/C18H20O4/c1-13-4-6-14(7-5-13)17(18(19)21-3)12-22-16-10-8-15(20-2)9-11-16/h4-11,17H,12H2,1-3H3. The highest BCUT2D eigenvalue weighted by Crippen LogP contribution is 2.22. The molecular formula is C18H20O4. The maximum atomic E-state index is 12.0. The summed E-state index contributed by atoms with van der Waals surface area (Å²) in [5.74, 6) is 0.683. The van der Waals surface area contributed by atoms with Crippen molar-refractivity contribution in [1.82, 2.24) is 0 Å². The van der Waals surface area contributed by atoms with E-state index in [9.17, 15) is 4.79 Å². The van der Waals surface area contributed by atoms with Crippen molar-refractivity contribution in [3.8, 4) is 11.5 Å². The highest BCUT2D eigenvalue weighted by atomic mass is 16.5. The molecule has 22 heavy (non-hydrogen) atoms. The molecule has 0 aliphatic carbocycles. The summed E-state index contributed by atoms with van der Waals surface area (Å²) in [6.45, 7) is 2.23. The average Bonchev–Trinajstić information content (AvgIpc) is 2.56. The number of hydrogen-bond acceptors (Lipinski definition) is 4. The Balaban J connectivity index is 2.09. The molecule has 4 nitrogen and oxygen atoms in total. The molecule has 2 aromatic rings. The van der Waals surface area contributed by atoms with Crippen LogP contribution in [0.25, 0.3) is 0 Å².